The van der Waals surface area contributed by atoms with Crippen molar-refractivity contribution in [1.29, 1.82) is 0 Å². The number of nitrogens with two attached hydrogens (primary N) is 1. The number of carbonyl (C=O) groups is 1. The van der Waals surface area contributed by atoms with Crippen LogP contribution < -0.4 is 5.73 Å². The lowest BCUT2D eigenvalue weighted by molar-refractivity contribution is -0.145. The van der Waals surface area contributed by atoms with Gasteiger partial charge in [-0.2, -0.15) is 0 Å². The van der Waals surface area contributed by atoms with E-state index in [1.165, 1.54) is 0 Å². The smallest absolute Gasteiger partial charge is 0.230 e. The van der Waals surface area contributed by atoms with Crippen LogP contribution in [0.2, 0.25) is 0 Å². The van der Waals surface area contributed by atoms with Crippen LogP contribution in [0.1, 0.15) is 53.4 Å². The molecule has 1 saturated heterocycles. The summed E-state index contributed by atoms with van der Waals surface area (Å²) in [6.07, 6.45) is 3.82. The van der Waals surface area contributed by atoms with Crippen LogP contribution in [0.15, 0.2) is 0 Å². The Morgan fingerprint density at radius 1 is 1.12 bits per heavy atom. The average Bonchev–Trinajstić information content (AvgIpc) is 2.61. The minimum Gasteiger partial charge on any atom is -0.377 e. The molecule has 0 aromatic heterocycles. The Hall–Kier alpha value is -0.0700. The number of hydrogen-bond acceptors (Lipinski definition) is 4. The van der Waals surface area contributed by atoms with Gasteiger partial charge in [0.15, 0.2) is 0 Å². The Kier molecular flexibility index (Phi) is 15.3. The van der Waals surface area contributed by atoms with Crippen molar-refractivity contribution in [2.24, 2.45) is 11.1 Å². The molecule has 5 nitrogen and oxygen atoms in total. The van der Waals surface area contributed by atoms with Crippen LogP contribution in [0.4, 0.5) is 0 Å². The normalized spacial score (nSPS) is 15.7. The first-order valence-electron chi connectivity index (χ1n) is 9.40. The molecule has 1 heterocycles. The van der Waals surface area contributed by atoms with E-state index in [4.69, 9.17) is 10.5 Å². The maximum absolute atomic E-state index is 12.8. The van der Waals surface area contributed by atoms with Gasteiger partial charge in [0.1, 0.15) is 0 Å². The summed E-state index contributed by atoms with van der Waals surface area (Å²) in [4.78, 5) is 17.2. The molecule has 0 bridgehead atoms. The summed E-state index contributed by atoms with van der Waals surface area (Å²) in [5.74, 6) is 0.242. The van der Waals surface area contributed by atoms with Crippen LogP contribution in [0.5, 0.6) is 0 Å². The Balaban J connectivity index is 0. The molecule has 0 aromatic carbocycles. The number of nitrogens with zero attached hydrogens (tertiary/aromatic N) is 2. The minimum atomic E-state index is -0.365. The SMILES string of the molecule is CCN(CC)CCOC1CCN(C(=O)C(CC)(CC)CN)CC1.Cl.Cl. The van der Waals surface area contributed by atoms with Crippen molar-refractivity contribution in [2.75, 3.05) is 45.9 Å². The summed E-state index contributed by atoms with van der Waals surface area (Å²) < 4.78 is 6.01. The van der Waals surface area contributed by atoms with Crippen LogP contribution in [0.3, 0.4) is 0 Å². The van der Waals surface area contributed by atoms with E-state index in [9.17, 15) is 4.79 Å². The first kappa shape index (κ1) is 27.2. The zero-order valence-electron chi connectivity index (χ0n) is 16.5. The van der Waals surface area contributed by atoms with Crippen molar-refractivity contribution in [3.05, 3.63) is 0 Å². The largest absolute Gasteiger partial charge is 0.377 e. The summed E-state index contributed by atoms with van der Waals surface area (Å²) in [6, 6.07) is 0. The quantitative estimate of drug-likeness (QED) is 0.613. The molecule has 0 unspecified atom stereocenters. The third-order valence-corrected chi connectivity index (χ3v) is 5.58. The van der Waals surface area contributed by atoms with E-state index < -0.39 is 0 Å². The lowest BCUT2D eigenvalue weighted by atomic mass is 9.80. The molecule has 1 aliphatic rings. The van der Waals surface area contributed by atoms with E-state index in [0.717, 1.165) is 65.0 Å². The second-order valence-corrected chi connectivity index (χ2v) is 6.58. The number of halogens is 2. The maximum Gasteiger partial charge on any atom is 0.230 e. The van der Waals surface area contributed by atoms with E-state index in [-0.39, 0.29) is 36.1 Å². The average molecular weight is 400 g/mol. The number of piperidine rings is 1. The molecule has 1 amide bonds. The fourth-order valence-electron chi connectivity index (χ4n) is 3.38. The van der Waals surface area contributed by atoms with Crippen LogP contribution >= 0.6 is 24.8 Å². The molecule has 1 rings (SSSR count). The fourth-order valence-corrected chi connectivity index (χ4v) is 3.38. The first-order chi connectivity index (χ1) is 11.1. The highest BCUT2D eigenvalue weighted by atomic mass is 35.5. The van der Waals surface area contributed by atoms with Crippen LogP contribution in [-0.4, -0.2) is 67.7 Å². The second kappa shape index (κ2) is 14.0. The highest BCUT2D eigenvalue weighted by Gasteiger charge is 2.38. The molecule has 152 valence electrons. The van der Waals surface area contributed by atoms with E-state index in [0.29, 0.717) is 12.6 Å². The lowest BCUT2D eigenvalue weighted by Crippen LogP contribution is -2.51. The predicted octanol–water partition coefficient (Wildman–Crippen LogP) is 2.94. The second-order valence-electron chi connectivity index (χ2n) is 6.58. The zero-order chi connectivity index (χ0) is 17.3. The molecule has 25 heavy (non-hydrogen) atoms. The Bertz CT molecular complexity index is 335. The van der Waals surface area contributed by atoms with Gasteiger partial charge in [-0.1, -0.05) is 27.7 Å². The number of rotatable bonds is 10. The summed E-state index contributed by atoms with van der Waals surface area (Å²) in [6.45, 7) is 14.5. The Morgan fingerprint density at radius 3 is 2.04 bits per heavy atom. The molecule has 0 aromatic rings. The molecule has 0 saturated carbocycles. The standard InChI is InChI=1S/C18H37N3O2.2ClH/c1-5-18(6-2,15-19)17(22)21-11-9-16(10-12-21)23-14-13-20(7-3)8-4;;/h16H,5-15,19H2,1-4H3;2*1H. The number of amides is 1. The van der Waals surface area contributed by atoms with Crippen LogP contribution in [-0.2, 0) is 9.53 Å². The molecule has 7 heteroatoms. The first-order valence-corrected chi connectivity index (χ1v) is 9.40. The lowest BCUT2D eigenvalue weighted by Gasteiger charge is -2.39. The molecular formula is C18H39Cl2N3O2. The molecular weight excluding hydrogens is 361 g/mol. The van der Waals surface area contributed by atoms with Crippen LogP contribution in [0, 0.1) is 5.41 Å². The predicted molar refractivity (Wildman–Crippen MR) is 110 cm³/mol. The van der Waals surface area contributed by atoms with Gasteiger partial charge in [-0.05, 0) is 38.8 Å². The van der Waals surface area contributed by atoms with Gasteiger partial charge >= 0.3 is 0 Å². The highest BCUT2D eigenvalue weighted by Crippen LogP contribution is 2.29. The Labute approximate surface area is 166 Å². The van der Waals surface area contributed by atoms with Crippen molar-refractivity contribution in [1.82, 2.24) is 9.80 Å². The van der Waals surface area contributed by atoms with Gasteiger partial charge in [-0.3, -0.25) is 4.79 Å². The van der Waals surface area contributed by atoms with E-state index >= 15 is 0 Å². The van der Waals surface area contributed by atoms with Gasteiger partial charge in [0.25, 0.3) is 0 Å². The molecule has 0 spiro atoms. The fraction of sp³-hybridized carbons (Fsp3) is 0.944. The third-order valence-electron chi connectivity index (χ3n) is 5.58. The molecule has 1 fully saturated rings. The number of likely N-dealkylation sites (tertiary alicyclic amines) is 1. The molecule has 0 aliphatic carbocycles. The molecule has 2 N–H and O–H groups in total. The van der Waals surface area contributed by atoms with Gasteiger partial charge in [0.05, 0.1) is 18.1 Å². The third kappa shape index (κ3) is 7.59. The summed E-state index contributed by atoms with van der Waals surface area (Å²) in [7, 11) is 0. The number of likely N-dealkylation sites (N-methyl/N-ethyl adjacent to an activating group) is 1. The summed E-state index contributed by atoms with van der Waals surface area (Å²) in [5.41, 5.74) is 5.54. The number of carbonyl (C=O) groups excluding carboxylic acids is 1. The van der Waals surface area contributed by atoms with Crippen molar-refractivity contribution in [2.45, 2.75) is 59.5 Å². The van der Waals surface area contributed by atoms with Gasteiger partial charge in [0, 0.05) is 26.2 Å². The zero-order valence-corrected chi connectivity index (χ0v) is 18.1. The monoisotopic (exact) mass is 399 g/mol. The van der Waals surface area contributed by atoms with Gasteiger partial charge in [-0.25, -0.2) is 0 Å². The topological polar surface area (TPSA) is 58.8 Å². The minimum absolute atomic E-state index is 0. The van der Waals surface area contributed by atoms with Crippen LogP contribution in [0.25, 0.3) is 0 Å². The number of hydrogen-bond donors (Lipinski definition) is 1. The highest BCUT2D eigenvalue weighted by molar-refractivity contribution is 5.85. The summed E-state index contributed by atoms with van der Waals surface area (Å²) in [5, 5.41) is 0. The van der Waals surface area contributed by atoms with Gasteiger partial charge < -0.3 is 20.3 Å². The van der Waals surface area contributed by atoms with Gasteiger partial charge in [-0.15, -0.1) is 24.8 Å². The van der Waals surface area contributed by atoms with E-state index in [1.54, 1.807) is 0 Å². The maximum atomic E-state index is 12.8. The molecule has 0 atom stereocenters. The van der Waals surface area contributed by atoms with E-state index in [1.807, 2.05) is 4.90 Å². The molecule has 0 radical (unpaired) electrons. The van der Waals surface area contributed by atoms with Crippen molar-refractivity contribution < 1.29 is 9.53 Å². The van der Waals surface area contributed by atoms with E-state index in [2.05, 4.69) is 32.6 Å². The van der Waals surface area contributed by atoms with Crippen molar-refractivity contribution in [3.8, 4) is 0 Å². The van der Waals surface area contributed by atoms with Crippen molar-refractivity contribution in [3.63, 3.8) is 0 Å². The van der Waals surface area contributed by atoms with Gasteiger partial charge in [0.2, 0.25) is 5.91 Å². The Morgan fingerprint density at radius 2 is 1.64 bits per heavy atom. The summed E-state index contributed by atoms with van der Waals surface area (Å²) >= 11 is 0. The number of ether oxygens (including phenoxy) is 1. The van der Waals surface area contributed by atoms with Crippen molar-refractivity contribution >= 4 is 30.7 Å². The molecule has 1 aliphatic heterocycles.